The van der Waals surface area contributed by atoms with Crippen LogP contribution in [0.1, 0.15) is 25.7 Å². The first-order chi connectivity index (χ1) is 14.6. The molecule has 0 bridgehead atoms. The van der Waals surface area contributed by atoms with E-state index < -0.39 is 0 Å². The van der Waals surface area contributed by atoms with E-state index in [1.165, 1.54) is 0 Å². The third-order valence-electron chi connectivity index (χ3n) is 5.27. The van der Waals surface area contributed by atoms with Gasteiger partial charge in [-0.3, -0.25) is 0 Å². The van der Waals surface area contributed by atoms with E-state index in [9.17, 15) is 10.2 Å². The van der Waals surface area contributed by atoms with Gasteiger partial charge in [0.05, 0.1) is 40.1 Å². The summed E-state index contributed by atoms with van der Waals surface area (Å²) in [5.41, 5.74) is 2.40. The molecule has 1 fully saturated rings. The van der Waals surface area contributed by atoms with E-state index in [1.807, 2.05) is 23.7 Å². The zero-order valence-electron chi connectivity index (χ0n) is 16.2. The highest BCUT2D eigenvalue weighted by Crippen LogP contribution is 2.31. The number of hydrogen-bond acceptors (Lipinski definition) is 8. The molecule has 1 aromatic carbocycles. The number of aliphatic hydroxyl groups is 1. The van der Waals surface area contributed by atoms with Crippen LogP contribution in [-0.2, 0) is 0 Å². The lowest BCUT2D eigenvalue weighted by Crippen LogP contribution is -2.28. The monoisotopic (exact) mass is 422 g/mol. The number of phenols is 1. The van der Waals surface area contributed by atoms with Gasteiger partial charge in [-0.2, -0.15) is 10.1 Å². The Morgan fingerprint density at radius 2 is 1.97 bits per heavy atom. The van der Waals surface area contributed by atoms with Gasteiger partial charge in [0.1, 0.15) is 11.6 Å². The molecule has 4 N–H and O–H groups in total. The second-order valence-corrected chi connectivity index (χ2v) is 8.42. The molecule has 0 radical (unpaired) electrons. The van der Waals surface area contributed by atoms with Gasteiger partial charge in [0.15, 0.2) is 0 Å². The fourth-order valence-corrected chi connectivity index (χ4v) is 4.51. The number of aromatic hydroxyl groups is 1. The van der Waals surface area contributed by atoms with Crippen LogP contribution in [0.3, 0.4) is 0 Å². The van der Waals surface area contributed by atoms with Crippen LogP contribution < -0.4 is 10.6 Å². The summed E-state index contributed by atoms with van der Waals surface area (Å²) in [4.78, 5) is 9.34. The molecule has 0 unspecified atom stereocenters. The Morgan fingerprint density at radius 3 is 2.80 bits per heavy atom. The average molecular weight is 423 g/mol. The van der Waals surface area contributed by atoms with E-state index in [4.69, 9.17) is 4.98 Å². The molecular weight excluding hydrogens is 400 g/mol. The van der Waals surface area contributed by atoms with Crippen molar-refractivity contribution in [3.63, 3.8) is 0 Å². The molecule has 0 saturated heterocycles. The van der Waals surface area contributed by atoms with Gasteiger partial charge in [0.25, 0.3) is 0 Å². The Bertz CT molecular complexity index is 1170. The van der Waals surface area contributed by atoms with Crippen LogP contribution in [0.25, 0.3) is 15.9 Å². The summed E-state index contributed by atoms with van der Waals surface area (Å²) in [6.45, 7) is 0. The molecule has 0 spiro atoms. The van der Waals surface area contributed by atoms with E-state index in [1.54, 1.807) is 40.4 Å². The molecule has 0 atom stereocenters. The van der Waals surface area contributed by atoms with Crippen LogP contribution >= 0.6 is 11.3 Å². The van der Waals surface area contributed by atoms with Crippen LogP contribution in [0.2, 0.25) is 0 Å². The maximum atomic E-state index is 9.76. The second-order valence-electron chi connectivity index (χ2n) is 7.50. The molecule has 8 nitrogen and oxygen atoms in total. The third kappa shape index (κ3) is 3.94. The number of aromatic nitrogens is 4. The molecule has 1 saturated carbocycles. The van der Waals surface area contributed by atoms with E-state index in [2.05, 4.69) is 20.7 Å². The van der Waals surface area contributed by atoms with Gasteiger partial charge in [-0.05, 0) is 49.3 Å². The molecule has 1 aliphatic carbocycles. The normalized spacial score (nSPS) is 19.1. The highest BCUT2D eigenvalue weighted by molar-refractivity contribution is 7.17. The molecule has 4 aromatic rings. The zero-order chi connectivity index (χ0) is 20.5. The highest BCUT2D eigenvalue weighted by atomic mass is 32.1. The van der Waals surface area contributed by atoms with Crippen molar-refractivity contribution in [3.8, 4) is 11.4 Å². The van der Waals surface area contributed by atoms with E-state index in [0.29, 0.717) is 12.0 Å². The lowest BCUT2D eigenvalue weighted by Gasteiger charge is -2.26. The van der Waals surface area contributed by atoms with Crippen molar-refractivity contribution in [1.29, 1.82) is 0 Å². The van der Waals surface area contributed by atoms with Gasteiger partial charge >= 0.3 is 0 Å². The molecule has 3 aromatic heterocycles. The fourth-order valence-electron chi connectivity index (χ4n) is 3.72. The SMILES string of the molecule is Oc1cccc(-n2cc(Nc3nc(NC4CCC(O)CC4)c4sccc4n3)cn2)c1. The summed E-state index contributed by atoms with van der Waals surface area (Å²) in [6, 6.07) is 9.20. The smallest absolute Gasteiger partial charge is 0.229 e. The Labute approximate surface area is 177 Å². The highest BCUT2D eigenvalue weighted by Gasteiger charge is 2.21. The zero-order valence-corrected chi connectivity index (χ0v) is 17.0. The molecule has 5 rings (SSSR count). The van der Waals surface area contributed by atoms with Crippen LogP contribution in [0.4, 0.5) is 17.5 Å². The second kappa shape index (κ2) is 7.92. The summed E-state index contributed by atoms with van der Waals surface area (Å²) >= 11 is 1.62. The van der Waals surface area contributed by atoms with Gasteiger partial charge in [0, 0.05) is 12.1 Å². The number of nitrogens with one attached hydrogen (secondary N) is 2. The molecule has 0 amide bonds. The number of fused-ring (bicyclic) bond motifs is 1. The number of nitrogens with zero attached hydrogens (tertiary/aromatic N) is 4. The topological polar surface area (TPSA) is 108 Å². The molecule has 0 aliphatic heterocycles. The predicted octanol–water partition coefficient (Wildman–Crippen LogP) is 4.04. The molecule has 1 aliphatic rings. The van der Waals surface area contributed by atoms with Crippen molar-refractivity contribution in [3.05, 3.63) is 48.1 Å². The Balaban J connectivity index is 1.38. The number of benzene rings is 1. The Kier molecular flexibility index (Phi) is 4.97. The summed E-state index contributed by atoms with van der Waals surface area (Å²) in [7, 11) is 0. The van der Waals surface area contributed by atoms with Gasteiger partial charge in [0.2, 0.25) is 5.95 Å². The first-order valence-corrected chi connectivity index (χ1v) is 10.8. The first kappa shape index (κ1) is 18.8. The number of phenolic OH excluding ortho intramolecular Hbond substituents is 1. The number of hydrogen-bond donors (Lipinski definition) is 4. The molecule has 9 heteroatoms. The molecule has 154 valence electrons. The summed E-state index contributed by atoms with van der Waals surface area (Å²) < 4.78 is 2.71. The van der Waals surface area contributed by atoms with Crippen molar-refractivity contribution >= 4 is 39.0 Å². The van der Waals surface area contributed by atoms with Crippen molar-refractivity contribution in [2.45, 2.75) is 37.8 Å². The number of aliphatic hydroxyl groups excluding tert-OH is 1. The Morgan fingerprint density at radius 1 is 1.10 bits per heavy atom. The third-order valence-corrected chi connectivity index (χ3v) is 6.18. The standard InChI is InChI=1S/C21H22N6O2S/c28-16-6-4-13(5-7-16)23-20-19-18(8-9-30-19)25-21(26-20)24-14-11-22-27(12-14)15-2-1-3-17(29)10-15/h1-3,8-13,16,28-29H,4-7H2,(H2,23,24,25,26). The number of anilines is 3. The lowest BCUT2D eigenvalue weighted by molar-refractivity contribution is 0.126. The number of rotatable bonds is 5. The fraction of sp³-hybridized carbons (Fsp3) is 0.286. The van der Waals surface area contributed by atoms with Crippen molar-refractivity contribution in [1.82, 2.24) is 19.7 Å². The van der Waals surface area contributed by atoms with Crippen molar-refractivity contribution in [2.24, 2.45) is 0 Å². The lowest BCUT2D eigenvalue weighted by atomic mass is 9.93. The first-order valence-electron chi connectivity index (χ1n) is 9.95. The molecular formula is C21H22N6O2S. The summed E-state index contributed by atoms with van der Waals surface area (Å²) in [5, 5.41) is 32.6. The maximum Gasteiger partial charge on any atom is 0.229 e. The minimum absolute atomic E-state index is 0.185. The predicted molar refractivity (Wildman–Crippen MR) is 118 cm³/mol. The van der Waals surface area contributed by atoms with Gasteiger partial charge in [-0.1, -0.05) is 6.07 Å². The molecule has 30 heavy (non-hydrogen) atoms. The van der Waals surface area contributed by atoms with Gasteiger partial charge < -0.3 is 20.8 Å². The quantitative estimate of drug-likeness (QED) is 0.384. The van der Waals surface area contributed by atoms with Crippen LogP contribution in [0.15, 0.2) is 48.1 Å². The van der Waals surface area contributed by atoms with E-state index >= 15 is 0 Å². The van der Waals surface area contributed by atoms with Crippen LogP contribution in [0.5, 0.6) is 5.75 Å². The number of thiophene rings is 1. The van der Waals surface area contributed by atoms with Gasteiger partial charge in [-0.15, -0.1) is 11.3 Å². The van der Waals surface area contributed by atoms with Gasteiger partial charge in [-0.25, -0.2) is 9.67 Å². The molecule has 3 heterocycles. The Hall–Kier alpha value is -3.17. The van der Waals surface area contributed by atoms with Crippen LogP contribution in [-0.4, -0.2) is 42.1 Å². The minimum atomic E-state index is -0.185. The van der Waals surface area contributed by atoms with Crippen LogP contribution in [0, 0.1) is 0 Å². The largest absolute Gasteiger partial charge is 0.508 e. The summed E-state index contributed by atoms with van der Waals surface area (Å²) in [5.74, 6) is 1.50. The van der Waals surface area contributed by atoms with Crippen molar-refractivity contribution in [2.75, 3.05) is 10.6 Å². The maximum absolute atomic E-state index is 9.76. The van der Waals surface area contributed by atoms with Crippen molar-refractivity contribution < 1.29 is 10.2 Å². The van der Waals surface area contributed by atoms with E-state index in [0.717, 1.165) is 53.1 Å². The van der Waals surface area contributed by atoms with E-state index in [-0.39, 0.29) is 11.9 Å². The summed E-state index contributed by atoms with van der Waals surface area (Å²) in [6.07, 6.45) is 6.82. The average Bonchev–Trinajstić information content (AvgIpc) is 3.39. The minimum Gasteiger partial charge on any atom is -0.508 e.